The predicted molar refractivity (Wildman–Crippen MR) is 493 cm³/mol. The number of nitrogens with zero attached hydrogens (tertiary/aromatic N) is 11. The number of aromatic nitrogens is 3. The third-order valence-corrected chi connectivity index (χ3v) is 14.6. The summed E-state index contributed by atoms with van der Waals surface area (Å²) in [6.45, 7) is 54.7. The Morgan fingerprint density at radius 3 is 0.618 bits per heavy atom. The van der Waals surface area contributed by atoms with E-state index in [-0.39, 0.29) is 22.3 Å². The van der Waals surface area contributed by atoms with Gasteiger partial charge in [0.15, 0.2) is 37.2 Å². The van der Waals surface area contributed by atoms with Crippen LogP contribution in [0.25, 0.3) is 0 Å². The predicted octanol–water partition coefficient (Wildman–Crippen LogP) is 28.4. The minimum absolute atomic E-state index is 0. The van der Waals surface area contributed by atoms with Crippen molar-refractivity contribution in [3.63, 3.8) is 0 Å². The van der Waals surface area contributed by atoms with E-state index >= 15 is 0 Å². The highest BCUT2D eigenvalue weighted by molar-refractivity contribution is 8.77. The van der Waals surface area contributed by atoms with Crippen LogP contribution in [0.4, 0.5) is 17.1 Å². The van der Waals surface area contributed by atoms with E-state index in [1.807, 2.05) is 373 Å². The highest BCUT2D eigenvalue weighted by Crippen LogP contribution is 2.24. The van der Waals surface area contributed by atoms with Gasteiger partial charge in [0.1, 0.15) is 21.1 Å². The van der Waals surface area contributed by atoms with Crippen molar-refractivity contribution < 1.29 is 13.7 Å². The van der Waals surface area contributed by atoms with E-state index in [0.717, 1.165) is 18.8 Å². The quantitative estimate of drug-likeness (QED) is 0.0283. The molecule has 102 heavy (non-hydrogen) atoms. The van der Waals surface area contributed by atoms with Crippen molar-refractivity contribution in [2.75, 3.05) is 115 Å². The number of unbranched alkanes of at least 4 members (excludes halogenated alkanes) is 2. The molecular formula is C86H178N12S4. The number of nitrogens with one attached hydrogen (secondary N) is 1. The van der Waals surface area contributed by atoms with Gasteiger partial charge in [0.05, 0.1) is 0 Å². The first-order chi connectivity index (χ1) is 48.5. The summed E-state index contributed by atoms with van der Waals surface area (Å²) in [5, 5.41) is 23.2. The SMILES string of the molecule is CC.CC.CC.CC.CC.CC.CC.CC.CC.CC.CC.CC.CCCCSSCCCC.CN(CCCSSCCCN(C)c1ccccc1)c1ccccc1.CN=NC.CN=NC.CN=NC.CNc1ccccc1.C[n+]1ccccc1.C[n+]1ccccc1.C[n+]1ccccc1.[CH3-].[CH3-].[CH3-]. The zero-order valence-corrected chi connectivity index (χ0v) is 78.6. The number of anilines is 3. The first-order valence-electron chi connectivity index (χ1n) is 37.5. The first kappa shape index (κ1) is 143. The van der Waals surface area contributed by atoms with Crippen LogP contribution >= 0.6 is 43.2 Å². The highest BCUT2D eigenvalue weighted by atomic mass is 33.1. The van der Waals surface area contributed by atoms with Crippen LogP contribution in [0.15, 0.2) is 213 Å². The van der Waals surface area contributed by atoms with Crippen LogP contribution < -0.4 is 28.8 Å². The topological polar surface area (TPSA) is 104 Å². The summed E-state index contributed by atoms with van der Waals surface area (Å²) in [5.41, 5.74) is 3.77. The summed E-state index contributed by atoms with van der Waals surface area (Å²) >= 11 is 0. The van der Waals surface area contributed by atoms with Gasteiger partial charge in [-0.05, 0) is 62.1 Å². The van der Waals surface area contributed by atoms with Gasteiger partial charge in [-0.25, -0.2) is 13.7 Å². The summed E-state index contributed by atoms with van der Waals surface area (Å²) in [6, 6.07) is 49.3. The van der Waals surface area contributed by atoms with Crippen LogP contribution in [0.1, 0.15) is 219 Å². The number of aryl methyl sites for hydroxylation is 3. The minimum Gasteiger partial charge on any atom is -0.388 e. The first-order valence-corrected chi connectivity index (χ1v) is 42.5. The number of benzene rings is 3. The van der Waals surface area contributed by atoms with Crippen molar-refractivity contribution in [3.8, 4) is 0 Å². The average molecular weight is 1510 g/mol. The molecule has 1 N–H and O–H groups in total. The average Bonchev–Trinajstić information content (AvgIpc) is 0.971. The van der Waals surface area contributed by atoms with Gasteiger partial charge < -0.3 is 37.4 Å². The van der Waals surface area contributed by atoms with Gasteiger partial charge in [-0.1, -0.05) is 309 Å². The lowest BCUT2D eigenvalue weighted by atomic mass is 10.3. The molecule has 0 saturated heterocycles. The van der Waals surface area contributed by atoms with Crippen molar-refractivity contribution in [3.05, 3.63) is 205 Å². The van der Waals surface area contributed by atoms with Crippen LogP contribution in [-0.4, -0.2) is 99.5 Å². The van der Waals surface area contributed by atoms with Crippen molar-refractivity contribution in [1.29, 1.82) is 0 Å². The van der Waals surface area contributed by atoms with Gasteiger partial charge in [0, 0.05) is 153 Å². The summed E-state index contributed by atoms with van der Waals surface area (Å²) in [7, 11) is 30.2. The molecule has 0 radical (unpaired) electrons. The van der Waals surface area contributed by atoms with E-state index in [0.29, 0.717) is 0 Å². The Labute approximate surface area is 659 Å². The van der Waals surface area contributed by atoms with E-state index in [2.05, 4.69) is 134 Å². The molecule has 0 fully saturated rings. The molecule has 0 unspecified atom stereocenters. The van der Waals surface area contributed by atoms with Crippen LogP contribution in [0, 0.1) is 22.3 Å². The maximum Gasteiger partial charge on any atom is 0.168 e. The second kappa shape index (κ2) is 167. The molecule has 0 saturated carbocycles. The fourth-order valence-electron chi connectivity index (χ4n) is 5.05. The molecule has 16 heteroatoms. The molecule has 0 aliphatic heterocycles. The summed E-state index contributed by atoms with van der Waals surface area (Å²) < 4.78 is 6.00. The normalized spacial score (nSPS) is 7.78. The zero-order valence-electron chi connectivity index (χ0n) is 75.4. The smallest absolute Gasteiger partial charge is 0.168 e. The second-order valence-corrected chi connectivity index (χ2v) is 21.1. The van der Waals surface area contributed by atoms with E-state index in [9.17, 15) is 0 Å². The molecule has 6 aromatic rings. The molecule has 0 bridgehead atoms. The van der Waals surface area contributed by atoms with E-state index < -0.39 is 0 Å². The van der Waals surface area contributed by atoms with Crippen LogP contribution in [0.5, 0.6) is 0 Å². The third kappa shape index (κ3) is 153. The van der Waals surface area contributed by atoms with E-state index in [1.165, 1.54) is 72.9 Å². The lowest BCUT2D eigenvalue weighted by Gasteiger charge is -2.19. The molecule has 0 aliphatic rings. The van der Waals surface area contributed by atoms with Crippen molar-refractivity contribution in [2.45, 2.75) is 219 Å². The molecule has 6 rings (SSSR count). The van der Waals surface area contributed by atoms with E-state index in [4.69, 9.17) is 0 Å². The van der Waals surface area contributed by atoms with Crippen LogP contribution in [0.3, 0.4) is 0 Å². The maximum absolute atomic E-state index is 3.36. The van der Waals surface area contributed by atoms with E-state index in [1.54, 1.807) is 42.3 Å². The zero-order chi connectivity index (χ0) is 80.1. The van der Waals surface area contributed by atoms with Crippen molar-refractivity contribution >= 4 is 60.2 Å². The van der Waals surface area contributed by atoms with Crippen molar-refractivity contribution in [1.82, 2.24) is 0 Å². The second-order valence-electron chi connectivity index (χ2n) is 15.7. The van der Waals surface area contributed by atoms with Gasteiger partial charge in [0.25, 0.3) is 0 Å². The third-order valence-electron chi connectivity index (χ3n) is 9.42. The Kier molecular flexibility index (Phi) is 234. The highest BCUT2D eigenvalue weighted by Gasteiger charge is 2.02. The Balaban J connectivity index is -0.0000000492. The van der Waals surface area contributed by atoms with Gasteiger partial charge in [0.2, 0.25) is 0 Å². The molecule has 0 aliphatic carbocycles. The summed E-state index contributed by atoms with van der Waals surface area (Å²) in [5.74, 6) is 5.11. The molecule has 3 aromatic carbocycles. The summed E-state index contributed by atoms with van der Waals surface area (Å²) in [6.07, 6.45) is 19.9. The number of rotatable bonds is 19. The molecule has 12 nitrogen and oxygen atoms in total. The Hall–Kier alpha value is -5.29. The van der Waals surface area contributed by atoms with Crippen LogP contribution in [-0.2, 0) is 21.1 Å². The standard InChI is InChI=1S/C20H28N2S2.C8H18S2.C7H9N.3C6H8N.3C2H6N2.12C2H6.3CH3/c1-21(19-11-5-3-6-12-19)15-9-17-23-24-18-10-16-22(2)20-13-7-4-8-14-20;1-3-5-7-9-10-8-6-4-2;1-8-7-5-3-2-4-6-7;3*1-7-5-3-2-4-6-7;3*1-3-4-2;12*1-2;;;/h3-8,11-14H,9-10,15-18H2,1-2H3;3-8H2,1-2H3;2-6,8H,1H3;3*2-6H,1H3;3*1-2H3;12*1-2H3;3*1H3/q;;;3*+1;;;;;;;;;;;;;;;;3*-1. The van der Waals surface area contributed by atoms with Crippen LogP contribution in [0.2, 0.25) is 0 Å². The van der Waals surface area contributed by atoms with Gasteiger partial charge in [-0.3, -0.25) is 0 Å². The lowest BCUT2D eigenvalue weighted by Crippen LogP contribution is -2.25. The Morgan fingerprint density at radius 1 is 0.294 bits per heavy atom. The molecule has 0 atom stereocenters. The molecule has 606 valence electrons. The number of pyridine rings is 3. The van der Waals surface area contributed by atoms with Gasteiger partial charge in [-0.2, -0.15) is 30.7 Å². The van der Waals surface area contributed by atoms with Gasteiger partial charge >= 0.3 is 0 Å². The maximum atomic E-state index is 3.36. The fraction of sp³-hybridized carbons (Fsp3) is 0.581. The molecular weight excluding hydrogens is 1330 g/mol. The molecule has 0 spiro atoms. The van der Waals surface area contributed by atoms with Gasteiger partial charge in [-0.15, -0.1) is 0 Å². The molecule has 0 amide bonds. The fourth-order valence-corrected chi connectivity index (χ4v) is 9.65. The number of hydrogen-bond acceptors (Lipinski definition) is 13. The number of azo groups is 3. The Morgan fingerprint density at radius 2 is 0.471 bits per heavy atom. The number of para-hydroxylation sites is 3. The lowest BCUT2D eigenvalue weighted by molar-refractivity contribution is -0.671. The minimum atomic E-state index is 0. The number of hydrogen-bond donors (Lipinski definition) is 1. The largest absolute Gasteiger partial charge is 0.388 e. The monoisotopic (exact) mass is 1510 g/mol. The molecule has 3 aromatic heterocycles. The summed E-state index contributed by atoms with van der Waals surface area (Å²) in [4.78, 5) is 4.67. The molecule has 3 heterocycles. The Bertz CT molecular complexity index is 1890. The van der Waals surface area contributed by atoms with Crippen molar-refractivity contribution in [2.24, 2.45) is 51.8 Å².